The van der Waals surface area contributed by atoms with Gasteiger partial charge in [-0.3, -0.25) is 9.69 Å². The molecule has 0 spiro atoms. The Morgan fingerprint density at radius 2 is 1.78 bits per heavy atom. The summed E-state index contributed by atoms with van der Waals surface area (Å²) >= 11 is 0. The van der Waals surface area contributed by atoms with Gasteiger partial charge in [-0.1, -0.05) is 35.5 Å². The lowest BCUT2D eigenvalue weighted by atomic mass is 9.96. The van der Waals surface area contributed by atoms with Crippen molar-refractivity contribution in [3.8, 4) is 0 Å². The van der Waals surface area contributed by atoms with Gasteiger partial charge in [0.05, 0.1) is 12.2 Å². The van der Waals surface area contributed by atoms with Crippen LogP contribution in [0.2, 0.25) is 0 Å². The molecule has 0 bridgehead atoms. The van der Waals surface area contributed by atoms with E-state index in [0.717, 1.165) is 30.1 Å². The van der Waals surface area contributed by atoms with Crippen LogP contribution in [-0.4, -0.2) is 72.9 Å². The summed E-state index contributed by atoms with van der Waals surface area (Å²) in [6.07, 6.45) is 2.75. The summed E-state index contributed by atoms with van der Waals surface area (Å²) in [7, 11) is -3.48. The number of rotatable bonds is 6. The maximum absolute atomic E-state index is 13.0. The number of benzene rings is 1. The van der Waals surface area contributed by atoms with Crippen LogP contribution in [0.4, 0.5) is 0 Å². The van der Waals surface area contributed by atoms with Crippen LogP contribution < -0.4 is 0 Å². The fourth-order valence-electron chi connectivity index (χ4n) is 4.27. The second-order valence-electron chi connectivity index (χ2n) is 8.47. The maximum Gasteiger partial charge on any atom is 0.236 e. The van der Waals surface area contributed by atoms with Crippen LogP contribution in [0.15, 0.2) is 46.3 Å². The maximum atomic E-state index is 13.0. The first kappa shape index (κ1) is 22.7. The van der Waals surface area contributed by atoms with E-state index in [1.54, 1.807) is 6.08 Å². The molecule has 2 aromatic rings. The molecule has 1 amide bonds. The minimum Gasteiger partial charge on any atom is -0.360 e. The SMILES string of the molecule is Cc1cc(CN2CCN(C(=O)C3CCN(S(=O)(=O)/C=C/c4ccccc4)CC3)CC2)on1. The molecule has 0 aliphatic carbocycles. The van der Waals surface area contributed by atoms with Crippen molar-refractivity contribution in [1.29, 1.82) is 0 Å². The standard InChI is InChI=1S/C23H30N4O4S/c1-19-17-22(31-24-19)18-25-12-14-26(15-13-25)23(28)21-7-10-27(11-8-21)32(29,30)16-9-20-5-3-2-4-6-20/h2-6,9,16-17,21H,7-8,10-15,18H2,1H3/b16-9+. The number of piperidine rings is 1. The van der Waals surface area contributed by atoms with Crippen molar-refractivity contribution in [2.45, 2.75) is 26.3 Å². The number of aryl methyl sites for hydroxylation is 1. The summed E-state index contributed by atoms with van der Waals surface area (Å²) in [5.74, 6) is 0.886. The molecular formula is C23H30N4O4S. The number of aromatic nitrogens is 1. The van der Waals surface area contributed by atoms with Crippen molar-refractivity contribution < 1.29 is 17.7 Å². The van der Waals surface area contributed by atoms with Crippen LogP contribution in [0.1, 0.15) is 29.9 Å². The number of carbonyl (C=O) groups is 1. The molecule has 0 N–H and O–H groups in total. The topological polar surface area (TPSA) is 87.0 Å². The summed E-state index contributed by atoms with van der Waals surface area (Å²) in [4.78, 5) is 17.2. The Hall–Kier alpha value is -2.49. The second kappa shape index (κ2) is 9.97. The first-order valence-corrected chi connectivity index (χ1v) is 12.6. The highest BCUT2D eigenvalue weighted by Crippen LogP contribution is 2.23. The molecule has 1 aromatic heterocycles. The summed E-state index contributed by atoms with van der Waals surface area (Å²) in [5.41, 5.74) is 1.72. The highest BCUT2D eigenvalue weighted by Gasteiger charge is 2.33. The molecule has 2 saturated heterocycles. The number of hydrogen-bond acceptors (Lipinski definition) is 6. The zero-order valence-electron chi connectivity index (χ0n) is 18.4. The summed E-state index contributed by atoms with van der Waals surface area (Å²) in [6.45, 7) is 6.32. The summed E-state index contributed by atoms with van der Waals surface area (Å²) in [5, 5.41) is 5.18. The van der Waals surface area contributed by atoms with Gasteiger partial charge in [-0.15, -0.1) is 0 Å². The molecule has 9 heteroatoms. The fourth-order valence-corrected chi connectivity index (χ4v) is 5.49. The molecule has 2 aliphatic rings. The molecule has 1 aromatic carbocycles. The molecule has 2 fully saturated rings. The van der Waals surface area contributed by atoms with Gasteiger partial charge in [0.15, 0.2) is 5.76 Å². The number of piperazine rings is 1. The van der Waals surface area contributed by atoms with Crippen LogP contribution in [0, 0.1) is 12.8 Å². The minimum absolute atomic E-state index is 0.108. The Balaban J connectivity index is 1.24. The van der Waals surface area contributed by atoms with Crippen LogP contribution in [0.25, 0.3) is 6.08 Å². The molecule has 0 radical (unpaired) electrons. The van der Waals surface area contributed by atoms with Gasteiger partial charge < -0.3 is 9.42 Å². The van der Waals surface area contributed by atoms with E-state index in [2.05, 4.69) is 10.1 Å². The van der Waals surface area contributed by atoms with Crippen LogP contribution >= 0.6 is 0 Å². The van der Waals surface area contributed by atoms with Crippen molar-refractivity contribution in [2.75, 3.05) is 39.3 Å². The predicted molar refractivity (Wildman–Crippen MR) is 122 cm³/mol. The van der Waals surface area contributed by atoms with E-state index in [0.29, 0.717) is 45.6 Å². The average Bonchev–Trinajstić information content (AvgIpc) is 3.23. The molecule has 4 rings (SSSR count). The van der Waals surface area contributed by atoms with E-state index in [1.165, 1.54) is 9.71 Å². The van der Waals surface area contributed by atoms with Gasteiger partial charge >= 0.3 is 0 Å². The first-order valence-electron chi connectivity index (χ1n) is 11.1. The molecular weight excluding hydrogens is 428 g/mol. The first-order chi connectivity index (χ1) is 15.4. The van der Waals surface area contributed by atoms with Gasteiger partial charge in [0.1, 0.15) is 0 Å². The average molecular weight is 459 g/mol. The largest absolute Gasteiger partial charge is 0.360 e. The third-order valence-electron chi connectivity index (χ3n) is 6.14. The molecule has 8 nitrogen and oxygen atoms in total. The molecule has 2 aliphatic heterocycles. The normalized spacial score (nSPS) is 19.6. The quantitative estimate of drug-likeness (QED) is 0.660. The van der Waals surface area contributed by atoms with Crippen molar-refractivity contribution in [3.05, 3.63) is 58.8 Å². The van der Waals surface area contributed by atoms with E-state index < -0.39 is 10.0 Å². The zero-order chi connectivity index (χ0) is 22.6. The van der Waals surface area contributed by atoms with E-state index in [-0.39, 0.29) is 11.8 Å². The number of carbonyl (C=O) groups excluding carboxylic acids is 1. The Labute approximate surface area is 189 Å². The second-order valence-corrected chi connectivity index (χ2v) is 10.3. The Morgan fingerprint density at radius 1 is 1.09 bits per heavy atom. The van der Waals surface area contributed by atoms with Crippen molar-refractivity contribution >= 4 is 22.0 Å². The van der Waals surface area contributed by atoms with Gasteiger partial charge in [0.25, 0.3) is 0 Å². The molecule has 172 valence electrons. The van der Waals surface area contributed by atoms with Crippen molar-refractivity contribution in [1.82, 2.24) is 19.3 Å². The number of sulfonamides is 1. The summed E-state index contributed by atoms with van der Waals surface area (Å²) in [6, 6.07) is 11.3. The van der Waals surface area contributed by atoms with E-state index >= 15 is 0 Å². The van der Waals surface area contributed by atoms with Gasteiger partial charge in [-0.2, -0.15) is 4.31 Å². The number of hydrogen-bond donors (Lipinski definition) is 0. The predicted octanol–water partition coefficient (Wildman–Crippen LogP) is 2.34. The van der Waals surface area contributed by atoms with Gasteiger partial charge in [-0.25, -0.2) is 8.42 Å². The molecule has 0 unspecified atom stereocenters. The van der Waals surface area contributed by atoms with Gasteiger partial charge in [0, 0.05) is 56.7 Å². The van der Waals surface area contributed by atoms with Crippen LogP contribution in [0.5, 0.6) is 0 Å². The Morgan fingerprint density at radius 3 is 2.41 bits per heavy atom. The molecule has 0 atom stereocenters. The number of amides is 1. The molecule has 3 heterocycles. The van der Waals surface area contributed by atoms with Gasteiger partial charge in [-0.05, 0) is 31.4 Å². The zero-order valence-corrected chi connectivity index (χ0v) is 19.2. The highest BCUT2D eigenvalue weighted by atomic mass is 32.2. The van der Waals surface area contributed by atoms with Crippen molar-refractivity contribution in [2.24, 2.45) is 5.92 Å². The van der Waals surface area contributed by atoms with Crippen LogP contribution in [0.3, 0.4) is 0 Å². The smallest absolute Gasteiger partial charge is 0.236 e. The van der Waals surface area contributed by atoms with E-state index in [1.807, 2.05) is 48.2 Å². The minimum atomic E-state index is -3.48. The molecule has 0 saturated carbocycles. The van der Waals surface area contributed by atoms with Gasteiger partial charge in [0.2, 0.25) is 15.9 Å². The summed E-state index contributed by atoms with van der Waals surface area (Å²) < 4.78 is 32.1. The third-order valence-corrected chi connectivity index (χ3v) is 7.70. The van der Waals surface area contributed by atoms with Crippen LogP contribution in [-0.2, 0) is 21.4 Å². The highest BCUT2D eigenvalue weighted by molar-refractivity contribution is 7.92. The lowest BCUT2D eigenvalue weighted by Gasteiger charge is -2.37. The number of nitrogens with zero attached hydrogens (tertiary/aromatic N) is 4. The lowest BCUT2D eigenvalue weighted by molar-refractivity contribution is -0.138. The fraction of sp³-hybridized carbons (Fsp3) is 0.478. The molecule has 32 heavy (non-hydrogen) atoms. The van der Waals surface area contributed by atoms with E-state index in [9.17, 15) is 13.2 Å². The van der Waals surface area contributed by atoms with Crippen molar-refractivity contribution in [3.63, 3.8) is 0 Å². The third kappa shape index (κ3) is 5.65. The Kier molecular flexibility index (Phi) is 7.07. The lowest BCUT2D eigenvalue weighted by Crippen LogP contribution is -2.51. The van der Waals surface area contributed by atoms with E-state index in [4.69, 9.17) is 4.52 Å². The monoisotopic (exact) mass is 458 g/mol. The Bertz CT molecular complexity index is 1030.